The third-order valence-electron chi connectivity index (χ3n) is 5.94. The zero-order valence-electron chi connectivity index (χ0n) is 16.3. The first-order chi connectivity index (χ1) is 13.2. The smallest absolute Gasteiger partial charge is 0.317 e. The maximum absolute atomic E-state index is 12.5. The lowest BCUT2D eigenvalue weighted by atomic mass is 9.78. The van der Waals surface area contributed by atoms with E-state index in [1.54, 1.807) is 0 Å². The summed E-state index contributed by atoms with van der Waals surface area (Å²) in [6, 6.07) is 10.7. The maximum atomic E-state index is 12.5. The summed E-state index contributed by atoms with van der Waals surface area (Å²) in [6.45, 7) is 2.11. The van der Waals surface area contributed by atoms with Crippen LogP contribution in [0.15, 0.2) is 30.3 Å². The van der Waals surface area contributed by atoms with Crippen molar-refractivity contribution in [2.24, 2.45) is 5.92 Å². The lowest BCUT2D eigenvalue weighted by molar-refractivity contribution is -0.121. The van der Waals surface area contributed by atoms with Gasteiger partial charge in [0, 0.05) is 32.1 Å². The second kappa shape index (κ2) is 10.3. The molecule has 1 aromatic carbocycles. The molecule has 27 heavy (non-hydrogen) atoms. The molecule has 1 saturated heterocycles. The van der Waals surface area contributed by atoms with E-state index in [1.807, 2.05) is 18.2 Å². The number of benzene rings is 1. The van der Waals surface area contributed by atoms with E-state index in [1.165, 1.54) is 31.2 Å². The van der Waals surface area contributed by atoms with Gasteiger partial charge in [-0.15, -0.1) is 0 Å². The average Bonchev–Trinajstić information content (AvgIpc) is 2.71. The fraction of sp³-hybridized carbons (Fsp3) is 0.636. The Bertz CT molecular complexity index is 603. The molecule has 3 amide bonds. The monoisotopic (exact) mass is 371 g/mol. The molecule has 0 bridgehead atoms. The van der Waals surface area contributed by atoms with Gasteiger partial charge in [-0.2, -0.15) is 0 Å². The number of fused-ring (bicyclic) bond motifs is 1. The fourth-order valence-electron chi connectivity index (χ4n) is 4.50. The van der Waals surface area contributed by atoms with Crippen LogP contribution in [-0.4, -0.2) is 42.5 Å². The number of urea groups is 1. The van der Waals surface area contributed by atoms with Gasteiger partial charge in [0.1, 0.15) is 0 Å². The molecule has 2 aliphatic rings. The van der Waals surface area contributed by atoms with E-state index in [9.17, 15) is 9.59 Å². The molecule has 3 rings (SSSR count). The summed E-state index contributed by atoms with van der Waals surface area (Å²) in [5, 5.41) is 5.99. The van der Waals surface area contributed by atoms with E-state index in [4.69, 9.17) is 0 Å². The summed E-state index contributed by atoms with van der Waals surface area (Å²) in [4.78, 5) is 26.5. The number of rotatable bonds is 7. The van der Waals surface area contributed by atoms with Crippen LogP contribution in [0.2, 0.25) is 0 Å². The van der Waals surface area contributed by atoms with Crippen LogP contribution in [0, 0.1) is 5.92 Å². The van der Waals surface area contributed by atoms with Gasteiger partial charge in [-0.05, 0) is 50.0 Å². The first-order valence-corrected chi connectivity index (χ1v) is 10.6. The number of likely N-dealkylation sites (tertiary alicyclic amines) is 1. The first-order valence-electron chi connectivity index (χ1n) is 10.6. The van der Waals surface area contributed by atoms with Crippen LogP contribution in [0.3, 0.4) is 0 Å². The molecule has 1 aromatic rings. The first kappa shape index (κ1) is 19.7. The molecule has 2 fully saturated rings. The Morgan fingerprint density at radius 1 is 0.963 bits per heavy atom. The molecule has 1 aliphatic heterocycles. The number of amides is 3. The van der Waals surface area contributed by atoms with Crippen molar-refractivity contribution < 1.29 is 9.59 Å². The van der Waals surface area contributed by atoms with E-state index in [-0.39, 0.29) is 11.9 Å². The standard InChI is InChI=1S/C22H33N3O2/c26-21(23-16-14-18-8-2-1-3-9-18)13-6-15-24-22(27)25-17-7-11-19-10-4-5-12-20(19)25/h1-3,8-9,19-20H,4-7,10-17H2,(H,23,26)(H,24,27). The van der Waals surface area contributed by atoms with E-state index < -0.39 is 0 Å². The van der Waals surface area contributed by atoms with Crippen LogP contribution >= 0.6 is 0 Å². The number of carbonyl (C=O) groups is 2. The number of nitrogens with one attached hydrogen (secondary N) is 2. The van der Waals surface area contributed by atoms with Crippen LogP contribution in [0.4, 0.5) is 4.79 Å². The predicted molar refractivity (Wildman–Crippen MR) is 107 cm³/mol. The molecule has 2 unspecified atom stereocenters. The normalized spacial score (nSPS) is 22.0. The minimum absolute atomic E-state index is 0.0606. The molecule has 0 spiro atoms. The van der Waals surface area contributed by atoms with Gasteiger partial charge in [0.05, 0.1) is 0 Å². The largest absolute Gasteiger partial charge is 0.356 e. The van der Waals surface area contributed by atoms with Crippen molar-refractivity contribution in [2.75, 3.05) is 19.6 Å². The number of piperidine rings is 1. The predicted octanol–water partition coefficient (Wildman–Crippen LogP) is 3.49. The molecule has 1 aliphatic carbocycles. The van der Waals surface area contributed by atoms with Crippen molar-refractivity contribution in [1.29, 1.82) is 0 Å². The van der Waals surface area contributed by atoms with Gasteiger partial charge in [-0.1, -0.05) is 43.2 Å². The van der Waals surface area contributed by atoms with E-state index in [0.717, 1.165) is 25.8 Å². The number of hydrogen-bond donors (Lipinski definition) is 2. The van der Waals surface area contributed by atoms with Crippen molar-refractivity contribution in [2.45, 2.75) is 63.8 Å². The molecule has 5 heteroatoms. The number of hydrogen-bond acceptors (Lipinski definition) is 2. The van der Waals surface area contributed by atoms with Crippen LogP contribution in [0.1, 0.15) is 56.9 Å². The van der Waals surface area contributed by atoms with Crippen molar-refractivity contribution in [3.05, 3.63) is 35.9 Å². The number of nitrogens with zero attached hydrogens (tertiary/aromatic N) is 1. The minimum Gasteiger partial charge on any atom is -0.356 e. The van der Waals surface area contributed by atoms with Crippen molar-refractivity contribution in [3.8, 4) is 0 Å². The third-order valence-corrected chi connectivity index (χ3v) is 5.94. The molecule has 1 heterocycles. The molecule has 2 N–H and O–H groups in total. The average molecular weight is 372 g/mol. The Morgan fingerprint density at radius 2 is 1.74 bits per heavy atom. The van der Waals surface area contributed by atoms with Crippen LogP contribution in [0.5, 0.6) is 0 Å². The van der Waals surface area contributed by atoms with Gasteiger partial charge in [0.15, 0.2) is 0 Å². The van der Waals surface area contributed by atoms with Gasteiger partial charge >= 0.3 is 6.03 Å². The quantitative estimate of drug-likeness (QED) is 0.721. The lowest BCUT2D eigenvalue weighted by Crippen LogP contribution is -2.53. The highest BCUT2D eigenvalue weighted by molar-refractivity contribution is 5.76. The molecular formula is C22H33N3O2. The van der Waals surface area contributed by atoms with Crippen LogP contribution in [0.25, 0.3) is 0 Å². The maximum Gasteiger partial charge on any atom is 0.317 e. The van der Waals surface area contributed by atoms with Gasteiger partial charge in [0.2, 0.25) is 5.91 Å². The van der Waals surface area contributed by atoms with Crippen LogP contribution < -0.4 is 10.6 Å². The minimum atomic E-state index is 0.0606. The molecule has 5 nitrogen and oxygen atoms in total. The fourth-order valence-corrected chi connectivity index (χ4v) is 4.50. The zero-order valence-corrected chi connectivity index (χ0v) is 16.3. The van der Waals surface area contributed by atoms with E-state index >= 15 is 0 Å². The molecule has 2 atom stereocenters. The van der Waals surface area contributed by atoms with Gasteiger partial charge in [-0.25, -0.2) is 4.79 Å². The Balaban J connectivity index is 1.29. The number of carbonyl (C=O) groups excluding carboxylic acids is 2. The Hall–Kier alpha value is -2.04. The second-order valence-corrected chi connectivity index (χ2v) is 7.87. The summed E-state index contributed by atoms with van der Waals surface area (Å²) in [5.41, 5.74) is 1.23. The van der Waals surface area contributed by atoms with Crippen molar-refractivity contribution in [3.63, 3.8) is 0 Å². The molecule has 0 aromatic heterocycles. The summed E-state index contributed by atoms with van der Waals surface area (Å²) < 4.78 is 0. The zero-order chi connectivity index (χ0) is 18.9. The molecule has 148 valence electrons. The SMILES string of the molecule is O=C(CCCNC(=O)N1CCCC2CCCCC21)NCCc1ccccc1. The molecular weight excluding hydrogens is 338 g/mol. The highest BCUT2D eigenvalue weighted by Crippen LogP contribution is 2.35. The van der Waals surface area contributed by atoms with Gasteiger partial charge < -0.3 is 15.5 Å². The van der Waals surface area contributed by atoms with Crippen molar-refractivity contribution >= 4 is 11.9 Å². The molecule has 1 saturated carbocycles. The summed E-state index contributed by atoms with van der Waals surface area (Å²) in [7, 11) is 0. The summed E-state index contributed by atoms with van der Waals surface area (Å²) >= 11 is 0. The lowest BCUT2D eigenvalue weighted by Gasteiger charge is -2.44. The van der Waals surface area contributed by atoms with Crippen LogP contribution in [-0.2, 0) is 11.2 Å². The van der Waals surface area contributed by atoms with Gasteiger partial charge in [-0.3, -0.25) is 4.79 Å². The van der Waals surface area contributed by atoms with E-state index in [0.29, 0.717) is 37.9 Å². The summed E-state index contributed by atoms with van der Waals surface area (Å²) in [5.74, 6) is 0.763. The highest BCUT2D eigenvalue weighted by Gasteiger charge is 2.35. The van der Waals surface area contributed by atoms with E-state index in [2.05, 4.69) is 27.7 Å². The summed E-state index contributed by atoms with van der Waals surface area (Å²) in [6.07, 6.45) is 9.38. The van der Waals surface area contributed by atoms with Gasteiger partial charge in [0.25, 0.3) is 0 Å². The second-order valence-electron chi connectivity index (χ2n) is 7.87. The topological polar surface area (TPSA) is 61.4 Å². The highest BCUT2D eigenvalue weighted by atomic mass is 16.2. The Morgan fingerprint density at radius 3 is 2.59 bits per heavy atom. The third kappa shape index (κ3) is 5.98. The Kier molecular flexibility index (Phi) is 7.55. The van der Waals surface area contributed by atoms with Crippen molar-refractivity contribution in [1.82, 2.24) is 15.5 Å². The molecule has 0 radical (unpaired) electrons. The Labute approximate surface area is 162 Å².